The molecule has 0 saturated carbocycles. The quantitative estimate of drug-likeness (QED) is 0.751. The van der Waals surface area contributed by atoms with Crippen molar-refractivity contribution in [2.24, 2.45) is 0 Å². The van der Waals surface area contributed by atoms with Gasteiger partial charge in [-0.15, -0.1) is 0 Å². The summed E-state index contributed by atoms with van der Waals surface area (Å²) in [5.74, 6) is 2.06. The monoisotopic (exact) mass is 353 g/mol. The van der Waals surface area contributed by atoms with E-state index in [0.717, 1.165) is 34.1 Å². The van der Waals surface area contributed by atoms with E-state index in [1.54, 1.807) is 0 Å². The summed E-state index contributed by atoms with van der Waals surface area (Å²) in [5, 5.41) is 2.90. The van der Waals surface area contributed by atoms with Crippen LogP contribution < -0.4 is 19.5 Å². The summed E-state index contributed by atoms with van der Waals surface area (Å²) in [5.41, 5.74) is 3.01. The molecule has 0 bridgehead atoms. The van der Waals surface area contributed by atoms with Crippen LogP contribution in [-0.4, -0.2) is 25.7 Å². The fraction of sp³-hybridized carbons (Fsp3) is 0.286. The summed E-state index contributed by atoms with van der Waals surface area (Å²) in [6.45, 7) is 7.50. The molecule has 0 aromatic heterocycles. The van der Waals surface area contributed by atoms with E-state index in [9.17, 15) is 4.79 Å². The lowest BCUT2D eigenvalue weighted by Gasteiger charge is -2.11. The smallest absolute Gasteiger partial charge is 0.256 e. The molecule has 0 atom stereocenters. The predicted molar refractivity (Wildman–Crippen MR) is 103 cm³/mol. The van der Waals surface area contributed by atoms with Gasteiger partial charge >= 0.3 is 0 Å². The van der Waals surface area contributed by atoms with E-state index < -0.39 is 0 Å². The standard InChI is InChI=1S/C21H23NO4/c1-4-24-15-8-10-20(26-6-3)14(11-15)12-18-17-9-7-16(25-5-2)13-19(17)22-21(18)23/h7-13H,4-6H2,1-3H3,(H,22,23). The molecule has 0 spiro atoms. The number of ether oxygens (including phenoxy) is 3. The zero-order valence-corrected chi connectivity index (χ0v) is 15.3. The van der Waals surface area contributed by atoms with E-state index in [2.05, 4.69) is 5.32 Å². The normalized spacial score (nSPS) is 14.1. The molecule has 0 aliphatic carbocycles. The number of nitrogens with one attached hydrogen (secondary N) is 1. The average molecular weight is 353 g/mol. The molecule has 2 aromatic carbocycles. The van der Waals surface area contributed by atoms with Gasteiger partial charge in [0, 0.05) is 22.8 Å². The minimum Gasteiger partial charge on any atom is -0.494 e. The van der Waals surface area contributed by atoms with Crippen LogP contribution in [0.5, 0.6) is 17.2 Å². The first kappa shape index (κ1) is 17.9. The lowest BCUT2D eigenvalue weighted by atomic mass is 10.0. The maximum atomic E-state index is 12.5. The number of carbonyl (C=O) groups is 1. The zero-order valence-electron chi connectivity index (χ0n) is 15.3. The minimum absolute atomic E-state index is 0.141. The van der Waals surface area contributed by atoms with Gasteiger partial charge in [-0.1, -0.05) is 0 Å². The minimum atomic E-state index is -0.141. The summed E-state index contributed by atoms with van der Waals surface area (Å²) >= 11 is 0. The number of amides is 1. The van der Waals surface area contributed by atoms with Gasteiger partial charge in [0.15, 0.2) is 0 Å². The molecule has 136 valence electrons. The van der Waals surface area contributed by atoms with Crippen LogP contribution in [0.15, 0.2) is 36.4 Å². The highest BCUT2D eigenvalue weighted by Gasteiger charge is 2.25. The topological polar surface area (TPSA) is 56.8 Å². The molecule has 3 rings (SSSR count). The van der Waals surface area contributed by atoms with Crippen LogP contribution in [-0.2, 0) is 4.79 Å². The van der Waals surface area contributed by atoms with Gasteiger partial charge < -0.3 is 19.5 Å². The third kappa shape index (κ3) is 3.67. The molecule has 1 amide bonds. The molecule has 0 unspecified atom stereocenters. The number of hydrogen-bond acceptors (Lipinski definition) is 4. The van der Waals surface area contributed by atoms with E-state index in [1.165, 1.54) is 0 Å². The second-order valence-electron chi connectivity index (χ2n) is 5.72. The van der Waals surface area contributed by atoms with Crippen LogP contribution in [0.25, 0.3) is 11.6 Å². The fourth-order valence-electron chi connectivity index (χ4n) is 2.91. The Morgan fingerprint density at radius 3 is 2.23 bits per heavy atom. The lowest BCUT2D eigenvalue weighted by Crippen LogP contribution is -2.04. The highest BCUT2D eigenvalue weighted by Crippen LogP contribution is 2.37. The first-order valence-electron chi connectivity index (χ1n) is 8.86. The number of carbonyl (C=O) groups excluding carboxylic acids is 1. The van der Waals surface area contributed by atoms with E-state index in [4.69, 9.17) is 14.2 Å². The van der Waals surface area contributed by atoms with E-state index in [1.807, 2.05) is 63.2 Å². The maximum Gasteiger partial charge on any atom is 0.256 e. The second-order valence-corrected chi connectivity index (χ2v) is 5.72. The van der Waals surface area contributed by atoms with Crippen molar-refractivity contribution >= 4 is 23.2 Å². The number of benzene rings is 2. The molecule has 2 aromatic rings. The first-order chi connectivity index (χ1) is 12.7. The molecule has 0 fully saturated rings. The van der Waals surface area contributed by atoms with Crippen molar-refractivity contribution in [3.63, 3.8) is 0 Å². The van der Waals surface area contributed by atoms with Crippen LogP contribution in [0.3, 0.4) is 0 Å². The molecule has 0 saturated heterocycles. The number of hydrogen-bond donors (Lipinski definition) is 1. The predicted octanol–water partition coefficient (Wildman–Crippen LogP) is 4.38. The molecule has 1 aliphatic heterocycles. The Labute approximate surface area is 153 Å². The SMILES string of the molecule is CCOc1ccc(OCC)c(C=C2C(=O)Nc3cc(OCC)ccc32)c1. The van der Waals surface area contributed by atoms with Crippen molar-refractivity contribution in [2.75, 3.05) is 25.1 Å². The van der Waals surface area contributed by atoms with Crippen LogP contribution in [0.1, 0.15) is 31.9 Å². The Hall–Kier alpha value is -2.95. The van der Waals surface area contributed by atoms with Gasteiger partial charge in [0.25, 0.3) is 5.91 Å². The Kier molecular flexibility index (Phi) is 5.46. The Balaban J connectivity index is 2.02. The Morgan fingerprint density at radius 2 is 1.54 bits per heavy atom. The fourth-order valence-corrected chi connectivity index (χ4v) is 2.91. The number of fused-ring (bicyclic) bond motifs is 1. The van der Waals surface area contributed by atoms with E-state index in [0.29, 0.717) is 25.4 Å². The van der Waals surface area contributed by atoms with Crippen LogP contribution in [0, 0.1) is 0 Å². The second kappa shape index (κ2) is 7.95. The van der Waals surface area contributed by atoms with Gasteiger partial charge in [0.1, 0.15) is 17.2 Å². The highest BCUT2D eigenvalue weighted by molar-refractivity contribution is 6.35. The van der Waals surface area contributed by atoms with Crippen molar-refractivity contribution in [2.45, 2.75) is 20.8 Å². The van der Waals surface area contributed by atoms with Gasteiger partial charge in [-0.05, 0) is 57.2 Å². The van der Waals surface area contributed by atoms with Crippen molar-refractivity contribution in [3.05, 3.63) is 47.5 Å². The van der Waals surface area contributed by atoms with E-state index >= 15 is 0 Å². The molecule has 26 heavy (non-hydrogen) atoms. The summed E-state index contributed by atoms with van der Waals surface area (Å²) in [4.78, 5) is 12.5. The zero-order chi connectivity index (χ0) is 18.5. The van der Waals surface area contributed by atoms with Gasteiger partial charge in [-0.3, -0.25) is 4.79 Å². The van der Waals surface area contributed by atoms with Crippen molar-refractivity contribution < 1.29 is 19.0 Å². The van der Waals surface area contributed by atoms with Gasteiger partial charge in [0.05, 0.1) is 25.5 Å². The number of rotatable bonds is 7. The van der Waals surface area contributed by atoms with Crippen molar-refractivity contribution in [3.8, 4) is 17.2 Å². The van der Waals surface area contributed by atoms with E-state index in [-0.39, 0.29) is 5.91 Å². The Bertz CT molecular complexity index is 842. The van der Waals surface area contributed by atoms with Crippen LogP contribution >= 0.6 is 0 Å². The molecule has 1 aliphatic rings. The molecular weight excluding hydrogens is 330 g/mol. The van der Waals surface area contributed by atoms with Crippen molar-refractivity contribution in [1.82, 2.24) is 0 Å². The maximum absolute atomic E-state index is 12.5. The van der Waals surface area contributed by atoms with Gasteiger partial charge in [-0.2, -0.15) is 0 Å². The lowest BCUT2D eigenvalue weighted by molar-refractivity contribution is -0.110. The average Bonchev–Trinajstić information content (AvgIpc) is 2.93. The molecule has 0 radical (unpaired) electrons. The third-order valence-electron chi connectivity index (χ3n) is 3.98. The van der Waals surface area contributed by atoms with Gasteiger partial charge in [0.2, 0.25) is 0 Å². The highest BCUT2D eigenvalue weighted by atomic mass is 16.5. The van der Waals surface area contributed by atoms with Crippen LogP contribution in [0.2, 0.25) is 0 Å². The first-order valence-corrected chi connectivity index (χ1v) is 8.86. The summed E-state index contributed by atoms with van der Waals surface area (Å²) < 4.78 is 16.8. The molecular formula is C21H23NO4. The summed E-state index contributed by atoms with van der Waals surface area (Å²) in [6, 6.07) is 11.2. The molecule has 5 nitrogen and oxygen atoms in total. The van der Waals surface area contributed by atoms with Gasteiger partial charge in [-0.25, -0.2) is 0 Å². The molecule has 1 N–H and O–H groups in total. The summed E-state index contributed by atoms with van der Waals surface area (Å²) in [6.07, 6.45) is 1.84. The van der Waals surface area contributed by atoms with Crippen molar-refractivity contribution in [1.29, 1.82) is 0 Å². The molecule has 1 heterocycles. The summed E-state index contributed by atoms with van der Waals surface area (Å²) in [7, 11) is 0. The Morgan fingerprint density at radius 1 is 0.885 bits per heavy atom. The number of anilines is 1. The third-order valence-corrected chi connectivity index (χ3v) is 3.98. The van der Waals surface area contributed by atoms with Crippen LogP contribution in [0.4, 0.5) is 5.69 Å². The largest absolute Gasteiger partial charge is 0.494 e. The molecule has 5 heteroatoms.